The van der Waals surface area contributed by atoms with Crippen LogP contribution in [0.15, 0.2) is 24.3 Å². The van der Waals surface area contributed by atoms with E-state index in [2.05, 4.69) is 6.58 Å². The molecular weight excluding hydrogens is 128 g/mol. The molecule has 0 spiro atoms. The lowest BCUT2D eigenvalue weighted by atomic mass is 10.2. The van der Waals surface area contributed by atoms with Gasteiger partial charge in [-0.05, 0) is 12.5 Å². The molecule has 0 saturated carbocycles. The van der Waals surface area contributed by atoms with E-state index in [0.29, 0.717) is 0 Å². The maximum atomic E-state index is 9.13. The van der Waals surface area contributed by atoms with Gasteiger partial charge in [0.2, 0.25) is 0 Å². The van der Waals surface area contributed by atoms with E-state index in [-0.39, 0.29) is 6.10 Å². The summed E-state index contributed by atoms with van der Waals surface area (Å²) in [5, 5.41) is 9.13. The topological polar surface area (TPSA) is 29.5 Å². The van der Waals surface area contributed by atoms with Gasteiger partial charge in [-0.25, -0.2) is 0 Å². The van der Waals surface area contributed by atoms with Crippen LogP contribution in [0.3, 0.4) is 0 Å². The molecule has 1 aliphatic heterocycles. The Hall–Kier alpha value is -0.600. The van der Waals surface area contributed by atoms with Crippen LogP contribution in [-0.4, -0.2) is 17.5 Å². The highest BCUT2D eigenvalue weighted by atomic mass is 16.6. The Morgan fingerprint density at radius 1 is 1.90 bits per heavy atom. The molecule has 0 aromatic rings. The summed E-state index contributed by atoms with van der Waals surface area (Å²) in [6.45, 7) is 5.57. The van der Waals surface area contributed by atoms with Crippen LogP contribution in [0, 0.1) is 0 Å². The standard InChI is InChI=1S/C8H12O2/c1-3-6-5-7(4-2)10-8(6)9/h3,5,7-9H,1,4H2,2H3/t7-,8?/m1/s1. The summed E-state index contributed by atoms with van der Waals surface area (Å²) in [6.07, 6.45) is 3.75. The van der Waals surface area contributed by atoms with Crippen LogP contribution in [0.2, 0.25) is 0 Å². The molecule has 1 unspecified atom stereocenters. The smallest absolute Gasteiger partial charge is 0.181 e. The average Bonchev–Trinajstić information content (AvgIpc) is 2.30. The predicted molar refractivity (Wildman–Crippen MR) is 39.5 cm³/mol. The summed E-state index contributed by atoms with van der Waals surface area (Å²) in [7, 11) is 0. The van der Waals surface area contributed by atoms with Gasteiger partial charge in [-0.15, -0.1) is 0 Å². The first-order valence-electron chi connectivity index (χ1n) is 3.45. The van der Waals surface area contributed by atoms with Crippen molar-refractivity contribution in [3.05, 3.63) is 24.3 Å². The van der Waals surface area contributed by atoms with Gasteiger partial charge in [-0.2, -0.15) is 0 Å². The summed E-state index contributed by atoms with van der Waals surface area (Å²) in [4.78, 5) is 0. The van der Waals surface area contributed by atoms with Gasteiger partial charge in [0.15, 0.2) is 6.29 Å². The number of rotatable bonds is 2. The van der Waals surface area contributed by atoms with E-state index in [4.69, 9.17) is 9.84 Å². The summed E-state index contributed by atoms with van der Waals surface area (Å²) >= 11 is 0. The second-order valence-corrected chi connectivity index (χ2v) is 2.31. The van der Waals surface area contributed by atoms with Crippen molar-refractivity contribution in [3.8, 4) is 0 Å². The van der Waals surface area contributed by atoms with E-state index >= 15 is 0 Å². The van der Waals surface area contributed by atoms with Gasteiger partial charge in [0, 0.05) is 5.57 Å². The molecule has 0 bridgehead atoms. The fraction of sp³-hybridized carbons (Fsp3) is 0.500. The SMILES string of the molecule is C=CC1=C[C@@H](CC)OC1O. The fourth-order valence-corrected chi connectivity index (χ4v) is 0.963. The van der Waals surface area contributed by atoms with Gasteiger partial charge >= 0.3 is 0 Å². The van der Waals surface area contributed by atoms with E-state index in [0.717, 1.165) is 12.0 Å². The van der Waals surface area contributed by atoms with E-state index in [9.17, 15) is 0 Å². The Balaban J connectivity index is 2.62. The van der Waals surface area contributed by atoms with Gasteiger partial charge < -0.3 is 9.84 Å². The molecule has 2 heteroatoms. The maximum Gasteiger partial charge on any atom is 0.181 e. The molecule has 1 heterocycles. The van der Waals surface area contributed by atoms with Crippen LogP contribution >= 0.6 is 0 Å². The van der Waals surface area contributed by atoms with Gasteiger partial charge in [0.25, 0.3) is 0 Å². The molecule has 2 atom stereocenters. The molecule has 1 N–H and O–H groups in total. The maximum absolute atomic E-state index is 9.13. The molecule has 10 heavy (non-hydrogen) atoms. The summed E-state index contributed by atoms with van der Waals surface area (Å²) in [6, 6.07) is 0. The number of aliphatic hydroxyl groups excluding tert-OH is 1. The van der Waals surface area contributed by atoms with Crippen molar-refractivity contribution in [2.24, 2.45) is 0 Å². The molecule has 0 aromatic heterocycles. The first-order chi connectivity index (χ1) is 4.77. The van der Waals surface area contributed by atoms with Crippen LogP contribution < -0.4 is 0 Å². The summed E-state index contributed by atoms with van der Waals surface area (Å²) in [5.41, 5.74) is 0.784. The van der Waals surface area contributed by atoms with E-state index in [1.54, 1.807) is 6.08 Å². The van der Waals surface area contributed by atoms with Crippen molar-refractivity contribution in [2.75, 3.05) is 0 Å². The van der Waals surface area contributed by atoms with Gasteiger partial charge in [-0.1, -0.05) is 19.6 Å². The van der Waals surface area contributed by atoms with Crippen molar-refractivity contribution >= 4 is 0 Å². The Bertz CT molecular complexity index is 161. The van der Waals surface area contributed by atoms with Crippen LogP contribution in [0.1, 0.15) is 13.3 Å². The quantitative estimate of drug-likeness (QED) is 0.625. The zero-order valence-electron chi connectivity index (χ0n) is 6.08. The lowest BCUT2D eigenvalue weighted by Gasteiger charge is -2.06. The number of aliphatic hydroxyl groups is 1. The van der Waals surface area contributed by atoms with Crippen LogP contribution in [0.25, 0.3) is 0 Å². The molecule has 0 radical (unpaired) electrons. The van der Waals surface area contributed by atoms with Crippen LogP contribution in [0.4, 0.5) is 0 Å². The Kier molecular flexibility index (Phi) is 2.25. The Morgan fingerprint density at radius 2 is 2.60 bits per heavy atom. The number of hydrogen-bond acceptors (Lipinski definition) is 2. The molecule has 2 nitrogen and oxygen atoms in total. The predicted octanol–water partition coefficient (Wildman–Crippen LogP) is 1.23. The molecule has 0 aliphatic carbocycles. The largest absolute Gasteiger partial charge is 0.364 e. The second kappa shape index (κ2) is 2.99. The minimum atomic E-state index is -0.748. The minimum absolute atomic E-state index is 0.0722. The highest BCUT2D eigenvalue weighted by molar-refractivity contribution is 5.23. The average molecular weight is 140 g/mol. The summed E-state index contributed by atoms with van der Waals surface area (Å²) < 4.78 is 5.11. The first kappa shape index (κ1) is 7.51. The molecule has 0 aromatic carbocycles. The molecular formula is C8H12O2. The van der Waals surface area contributed by atoms with Gasteiger partial charge in [0.05, 0.1) is 6.10 Å². The van der Waals surface area contributed by atoms with Crippen LogP contribution in [0.5, 0.6) is 0 Å². The van der Waals surface area contributed by atoms with Gasteiger partial charge in [0.1, 0.15) is 0 Å². The summed E-state index contributed by atoms with van der Waals surface area (Å²) in [5.74, 6) is 0. The minimum Gasteiger partial charge on any atom is -0.364 e. The third-order valence-corrected chi connectivity index (χ3v) is 1.61. The second-order valence-electron chi connectivity index (χ2n) is 2.31. The van der Waals surface area contributed by atoms with Crippen molar-refractivity contribution < 1.29 is 9.84 Å². The van der Waals surface area contributed by atoms with Crippen molar-refractivity contribution in [1.29, 1.82) is 0 Å². The molecule has 56 valence electrons. The van der Waals surface area contributed by atoms with E-state index in [1.165, 1.54) is 0 Å². The van der Waals surface area contributed by atoms with Crippen molar-refractivity contribution in [1.82, 2.24) is 0 Å². The van der Waals surface area contributed by atoms with Gasteiger partial charge in [-0.3, -0.25) is 0 Å². The molecule has 0 saturated heterocycles. The third kappa shape index (κ3) is 1.28. The molecule has 0 amide bonds. The molecule has 1 aliphatic rings. The molecule has 0 fully saturated rings. The third-order valence-electron chi connectivity index (χ3n) is 1.61. The normalized spacial score (nSPS) is 32.0. The van der Waals surface area contributed by atoms with E-state index < -0.39 is 6.29 Å². The van der Waals surface area contributed by atoms with Crippen molar-refractivity contribution in [2.45, 2.75) is 25.7 Å². The zero-order valence-corrected chi connectivity index (χ0v) is 6.08. The lowest BCUT2D eigenvalue weighted by Crippen LogP contribution is -2.11. The van der Waals surface area contributed by atoms with Crippen molar-refractivity contribution in [3.63, 3.8) is 0 Å². The fourth-order valence-electron chi connectivity index (χ4n) is 0.963. The Labute approximate surface area is 60.8 Å². The lowest BCUT2D eigenvalue weighted by molar-refractivity contribution is -0.0780. The molecule has 1 rings (SSSR count). The number of hydrogen-bond donors (Lipinski definition) is 1. The highest BCUT2D eigenvalue weighted by Gasteiger charge is 2.20. The van der Waals surface area contributed by atoms with E-state index in [1.807, 2.05) is 13.0 Å². The monoisotopic (exact) mass is 140 g/mol. The first-order valence-corrected chi connectivity index (χ1v) is 3.45. The zero-order chi connectivity index (χ0) is 7.56. The van der Waals surface area contributed by atoms with Crippen LogP contribution in [-0.2, 0) is 4.74 Å². The highest BCUT2D eigenvalue weighted by Crippen LogP contribution is 2.19. The Morgan fingerprint density at radius 3 is 2.90 bits per heavy atom. The number of ether oxygens (including phenoxy) is 1.